The van der Waals surface area contributed by atoms with Crippen molar-refractivity contribution in [3.63, 3.8) is 0 Å². The number of rotatable bonds is 29. The van der Waals surface area contributed by atoms with Gasteiger partial charge in [-0.05, 0) is 141 Å². The van der Waals surface area contributed by atoms with E-state index >= 15 is 0 Å². The van der Waals surface area contributed by atoms with Gasteiger partial charge in [0.15, 0.2) is 0 Å². The van der Waals surface area contributed by atoms with E-state index in [0.717, 1.165) is 97.8 Å². The summed E-state index contributed by atoms with van der Waals surface area (Å²) in [5, 5.41) is 48.0. The van der Waals surface area contributed by atoms with Crippen molar-refractivity contribution >= 4 is 96.6 Å². The normalized spacial score (nSPS) is 12.4. The number of piperazine rings is 3. The standard InChI is InChI=1S/C33H32N2O4.C25H26N2O3.C21H17BrO3.C19H20N2O4.C8H8O2.C7H5BrO3/c36-32(22-26-10-4-1-5-11-26)35-20-18-34(19-21-35)29-16-17-31(38-24-27-12-6-2-7-13-27)30(23-29)33(37)39-25-28-14-8-3-9-15-28;28-25(30-19-21-9-5-2-6-10-21)23-17-22(27-15-13-26-14-16-27)11-12-24(23)29-18-20-7-3-1-4-8-20;22-18-11-12-20(24-14-16-7-3-1-4-8-16)19(13-18)21(23)25-15-17-9-5-2-6-10-17;22-17-7-6-15(13-16(17)19(24)25)20-8-10-21(11-9-20)18(23)12-14-4-2-1-3-5-14;9-8(10)6-7-4-2-1-3-5-7;8-4-1-2-6(9)5(3-4)7(10)11/h1-17,23H,18-22,24-25H2;1-12,17,26H,13-16,18-19H2;1-13H,14-15H2;1-7,13,22H,8-12H2,(H,24,25);1-5H,6H2,(H,9,10);1-3,9H,(H,10,11). The average molecular weight is 2010 g/mol. The van der Waals surface area contributed by atoms with Crippen molar-refractivity contribution in [1.82, 2.24) is 15.1 Å². The number of esters is 3. The first-order chi connectivity index (χ1) is 68.1. The molecule has 14 aromatic rings. The molecule has 3 aliphatic heterocycles. The fourth-order valence-electron chi connectivity index (χ4n) is 14.9. The lowest BCUT2D eigenvalue weighted by atomic mass is 10.1. The van der Waals surface area contributed by atoms with Gasteiger partial charge in [-0.2, -0.15) is 0 Å². The molecule has 0 aliphatic carbocycles. The highest BCUT2D eigenvalue weighted by molar-refractivity contribution is 9.10. The van der Waals surface area contributed by atoms with E-state index in [0.29, 0.717) is 123 Å². The van der Waals surface area contributed by atoms with Crippen LogP contribution in [0.2, 0.25) is 0 Å². The maximum atomic E-state index is 13.2. The summed E-state index contributed by atoms with van der Waals surface area (Å²) in [5.41, 5.74) is 12.5. The number of hydrogen-bond donors (Lipinski definition) is 6. The van der Waals surface area contributed by atoms with E-state index in [1.54, 1.807) is 36.4 Å². The van der Waals surface area contributed by atoms with Crippen LogP contribution in [0.3, 0.4) is 0 Å². The number of phenols is 2. The van der Waals surface area contributed by atoms with Crippen molar-refractivity contribution in [1.29, 1.82) is 0 Å². The number of halogens is 2. The molecule has 3 aliphatic rings. The molecule has 27 heteroatoms. The van der Waals surface area contributed by atoms with Crippen molar-refractivity contribution in [2.75, 3.05) is 93.2 Å². The first kappa shape index (κ1) is 103. The highest BCUT2D eigenvalue weighted by atomic mass is 79.9. The Hall–Kier alpha value is -15.8. The molecule has 0 atom stereocenters. The van der Waals surface area contributed by atoms with E-state index in [1.165, 1.54) is 24.3 Å². The molecule has 25 nitrogen and oxygen atoms in total. The Morgan fingerprint density at radius 3 is 0.814 bits per heavy atom. The Morgan fingerprint density at radius 1 is 0.264 bits per heavy atom. The van der Waals surface area contributed by atoms with Gasteiger partial charge < -0.3 is 83.8 Å². The Balaban J connectivity index is 0.000000158. The van der Waals surface area contributed by atoms with Crippen LogP contribution in [-0.2, 0) is 87.5 Å². The lowest BCUT2D eigenvalue weighted by Gasteiger charge is -2.36. The number of carbonyl (C=O) groups is 8. The highest BCUT2D eigenvalue weighted by Gasteiger charge is 2.28. The molecule has 2 amide bonds. The summed E-state index contributed by atoms with van der Waals surface area (Å²) >= 11 is 6.48. The van der Waals surface area contributed by atoms with Gasteiger partial charge in [-0.25, -0.2) is 24.0 Å². The summed E-state index contributed by atoms with van der Waals surface area (Å²) in [4.78, 5) is 106. The molecule has 17 rings (SSSR count). The number of hydrogen-bond acceptors (Lipinski definition) is 20. The number of anilines is 3. The SMILES string of the molecule is O=C(O)Cc1ccccc1.O=C(O)c1cc(Br)ccc1O.O=C(O)c1cc(N2CCN(C(=O)Cc3ccccc3)CC2)ccc1O.O=C(OCc1ccccc1)c1cc(Br)ccc1OCc1ccccc1.O=C(OCc1ccccc1)c1cc(N2CCN(C(=O)Cc3ccccc3)CC2)ccc1OCc1ccccc1.O=C(OCc1ccccc1)c1cc(N2CCNCC2)ccc1OCc1ccccc1. The van der Waals surface area contributed by atoms with Gasteiger partial charge in [-0.1, -0.05) is 305 Å². The minimum Gasteiger partial charge on any atom is -0.507 e. The molecule has 0 spiro atoms. The zero-order chi connectivity index (χ0) is 98.6. The maximum Gasteiger partial charge on any atom is 0.342 e. The first-order valence-electron chi connectivity index (χ1n) is 45.5. The molecule has 3 fully saturated rings. The minimum absolute atomic E-state index is 0.0978. The molecule has 718 valence electrons. The maximum absolute atomic E-state index is 13.2. The molecule has 6 N–H and O–H groups in total. The van der Waals surface area contributed by atoms with Crippen LogP contribution in [0.15, 0.2) is 373 Å². The summed E-state index contributed by atoms with van der Waals surface area (Å²) in [6.07, 6.45) is 0.912. The van der Waals surface area contributed by atoms with Crippen LogP contribution in [0, 0.1) is 0 Å². The number of aliphatic carboxylic acids is 1. The van der Waals surface area contributed by atoms with E-state index in [1.807, 2.05) is 318 Å². The monoisotopic (exact) mass is 2010 g/mol. The van der Waals surface area contributed by atoms with E-state index in [9.17, 15) is 43.5 Å². The number of benzene rings is 14. The average Bonchev–Trinajstić information content (AvgIpc) is 0.817. The van der Waals surface area contributed by atoms with E-state index in [4.69, 9.17) is 48.8 Å². The fourth-order valence-corrected chi connectivity index (χ4v) is 15.6. The Labute approximate surface area is 830 Å². The van der Waals surface area contributed by atoms with Gasteiger partial charge in [0.2, 0.25) is 11.8 Å². The molecular formula is C113H108Br2N6O19. The highest BCUT2D eigenvalue weighted by Crippen LogP contribution is 2.33. The predicted octanol–water partition coefficient (Wildman–Crippen LogP) is 20.1. The summed E-state index contributed by atoms with van der Waals surface area (Å²) in [5.74, 6) is -3.00. The summed E-state index contributed by atoms with van der Waals surface area (Å²) in [6, 6.07) is 113. The molecule has 0 aromatic heterocycles. The van der Waals surface area contributed by atoms with Gasteiger partial charge in [0.25, 0.3) is 0 Å². The number of aromatic hydroxyl groups is 2. The molecule has 14 aromatic carbocycles. The number of carboxylic acid groups (broad SMARTS) is 3. The van der Waals surface area contributed by atoms with Gasteiger partial charge in [0, 0.05) is 105 Å². The van der Waals surface area contributed by atoms with E-state index in [2.05, 4.69) is 47.0 Å². The van der Waals surface area contributed by atoms with Crippen LogP contribution in [0.25, 0.3) is 0 Å². The van der Waals surface area contributed by atoms with E-state index < -0.39 is 29.8 Å². The Kier molecular flexibility index (Phi) is 40.3. The summed E-state index contributed by atoms with van der Waals surface area (Å²) < 4.78 is 36.0. The Bertz CT molecular complexity index is 6310. The zero-order valence-corrected chi connectivity index (χ0v) is 80.1. The first-order valence-corrected chi connectivity index (χ1v) is 47.0. The molecule has 0 radical (unpaired) electrons. The molecule has 0 bridgehead atoms. The van der Waals surface area contributed by atoms with Gasteiger partial charge in [0.1, 0.15) is 96.2 Å². The number of nitrogens with zero attached hydrogens (tertiary/aromatic N) is 5. The second-order valence-corrected chi connectivity index (χ2v) is 34.2. The molecule has 3 saturated heterocycles. The van der Waals surface area contributed by atoms with Crippen LogP contribution < -0.4 is 34.2 Å². The second-order valence-electron chi connectivity index (χ2n) is 32.3. The van der Waals surface area contributed by atoms with Crippen LogP contribution in [0.4, 0.5) is 17.1 Å². The zero-order valence-electron chi connectivity index (χ0n) is 76.9. The van der Waals surface area contributed by atoms with Crippen molar-refractivity contribution in [3.8, 4) is 28.7 Å². The van der Waals surface area contributed by atoms with E-state index in [-0.39, 0.29) is 66.7 Å². The van der Waals surface area contributed by atoms with Crippen LogP contribution in [0.1, 0.15) is 102 Å². The smallest absolute Gasteiger partial charge is 0.342 e. The Morgan fingerprint density at radius 2 is 0.507 bits per heavy atom. The third-order valence-corrected chi connectivity index (χ3v) is 23.3. The third-order valence-electron chi connectivity index (χ3n) is 22.3. The van der Waals surface area contributed by atoms with Gasteiger partial charge in [-0.15, -0.1) is 0 Å². The molecular weight excluding hydrogens is 1910 g/mol. The second kappa shape index (κ2) is 54.8. The third kappa shape index (κ3) is 33.6. The molecule has 0 saturated carbocycles. The van der Waals surface area contributed by atoms with Gasteiger partial charge in [-0.3, -0.25) is 14.4 Å². The van der Waals surface area contributed by atoms with Crippen LogP contribution in [0.5, 0.6) is 28.7 Å². The number of nitrogens with one attached hydrogen (secondary N) is 1. The summed E-state index contributed by atoms with van der Waals surface area (Å²) in [7, 11) is 0. The lowest BCUT2D eigenvalue weighted by Crippen LogP contribution is -2.49. The number of carboxylic acids is 3. The molecule has 0 unspecified atom stereocenters. The van der Waals surface area contributed by atoms with Gasteiger partial charge >= 0.3 is 35.8 Å². The largest absolute Gasteiger partial charge is 0.507 e. The quantitative estimate of drug-likeness (QED) is 0.0187. The number of aromatic carboxylic acids is 2. The summed E-state index contributed by atoms with van der Waals surface area (Å²) in [6.45, 7) is 10.5. The van der Waals surface area contributed by atoms with Gasteiger partial charge in [0.05, 0.1) is 19.3 Å². The number of amides is 2. The molecule has 140 heavy (non-hydrogen) atoms. The van der Waals surface area contributed by atoms with Crippen molar-refractivity contribution < 1.29 is 92.3 Å². The fraction of sp³-hybridized carbons (Fsp3) is 0.186. The van der Waals surface area contributed by atoms with Crippen molar-refractivity contribution in [2.24, 2.45) is 0 Å². The van der Waals surface area contributed by atoms with Crippen LogP contribution >= 0.6 is 31.9 Å². The predicted molar refractivity (Wildman–Crippen MR) is 545 cm³/mol. The van der Waals surface area contributed by atoms with Crippen LogP contribution in [-0.4, -0.2) is 161 Å². The minimum atomic E-state index is -1.16. The lowest BCUT2D eigenvalue weighted by molar-refractivity contribution is -0.136. The molecule has 3 heterocycles. The van der Waals surface area contributed by atoms with Crippen molar-refractivity contribution in [3.05, 3.63) is 451 Å². The number of carbonyl (C=O) groups excluding carboxylic acids is 5. The number of ether oxygens (including phenoxy) is 6. The van der Waals surface area contributed by atoms with Crippen molar-refractivity contribution in [2.45, 2.75) is 58.9 Å². The topological polar surface area (TPSA) is 321 Å².